The van der Waals surface area contributed by atoms with Gasteiger partial charge in [-0.1, -0.05) is 6.07 Å². The van der Waals surface area contributed by atoms with E-state index >= 15 is 0 Å². The first-order valence-corrected chi connectivity index (χ1v) is 15.3. The Morgan fingerprint density at radius 2 is 1.86 bits per heavy atom. The van der Waals surface area contributed by atoms with Crippen molar-refractivity contribution in [2.75, 3.05) is 41.0 Å². The quantitative estimate of drug-likeness (QED) is 0.457. The molecule has 8 nitrogen and oxygen atoms in total. The van der Waals surface area contributed by atoms with E-state index in [-0.39, 0.29) is 36.1 Å². The van der Waals surface area contributed by atoms with Crippen LogP contribution < -0.4 is 10.1 Å². The molecule has 204 valence electrons. The molecule has 1 aliphatic heterocycles. The number of thiophene rings is 1. The van der Waals surface area contributed by atoms with Gasteiger partial charge in [-0.3, -0.25) is 4.79 Å². The van der Waals surface area contributed by atoms with Crippen LogP contribution in [-0.2, 0) is 19.6 Å². The summed E-state index contributed by atoms with van der Waals surface area (Å²) in [4.78, 5) is 16.5. The second kappa shape index (κ2) is 12.7. The molecule has 2 atom stereocenters. The fourth-order valence-corrected chi connectivity index (χ4v) is 8.37. The van der Waals surface area contributed by atoms with Crippen molar-refractivity contribution in [1.82, 2.24) is 14.5 Å². The Labute approximate surface area is 225 Å². The molecule has 2 aliphatic rings. The van der Waals surface area contributed by atoms with Crippen molar-refractivity contribution >= 4 is 27.3 Å². The highest BCUT2D eigenvalue weighted by Crippen LogP contribution is 2.39. The van der Waals surface area contributed by atoms with Crippen LogP contribution >= 0.6 is 11.3 Å². The van der Waals surface area contributed by atoms with Gasteiger partial charge in [-0.2, -0.15) is 4.31 Å². The van der Waals surface area contributed by atoms with Crippen LogP contribution in [0.5, 0.6) is 5.75 Å². The van der Waals surface area contributed by atoms with Crippen LogP contribution in [0.25, 0.3) is 0 Å². The molecule has 4 rings (SSSR count). The lowest BCUT2D eigenvalue weighted by Crippen LogP contribution is -2.42. The molecule has 1 aromatic heterocycles. The number of sulfonamides is 1. The Balaban J connectivity index is 1.22. The molecule has 1 N–H and O–H groups in total. The van der Waals surface area contributed by atoms with Crippen molar-refractivity contribution < 1.29 is 22.7 Å². The summed E-state index contributed by atoms with van der Waals surface area (Å²) < 4.78 is 38.6. The van der Waals surface area contributed by atoms with Crippen LogP contribution in [0.3, 0.4) is 0 Å². The van der Waals surface area contributed by atoms with Gasteiger partial charge in [-0.05, 0) is 94.3 Å². The van der Waals surface area contributed by atoms with Gasteiger partial charge in [0, 0.05) is 29.5 Å². The molecule has 1 saturated carbocycles. The van der Waals surface area contributed by atoms with Crippen LogP contribution in [0.15, 0.2) is 46.7 Å². The smallest absolute Gasteiger partial charge is 0.246 e. The van der Waals surface area contributed by atoms with Gasteiger partial charge < -0.3 is 19.7 Å². The number of carbonyl (C=O) groups is 1. The summed E-state index contributed by atoms with van der Waals surface area (Å²) in [5.74, 6) is 1.06. The number of nitrogens with zero attached hydrogens (tertiary/aromatic N) is 2. The summed E-state index contributed by atoms with van der Waals surface area (Å²) in [5, 5.41) is 5.26. The molecule has 1 saturated heterocycles. The highest BCUT2D eigenvalue weighted by atomic mass is 32.2. The minimum absolute atomic E-state index is 0.0532. The maximum Gasteiger partial charge on any atom is 0.246 e. The van der Waals surface area contributed by atoms with E-state index in [0.29, 0.717) is 24.3 Å². The van der Waals surface area contributed by atoms with E-state index in [2.05, 4.69) is 41.8 Å². The zero-order valence-corrected chi connectivity index (χ0v) is 23.6. The molecule has 2 heterocycles. The summed E-state index contributed by atoms with van der Waals surface area (Å²) in [5.41, 5.74) is 0. The van der Waals surface area contributed by atoms with Gasteiger partial charge >= 0.3 is 0 Å². The van der Waals surface area contributed by atoms with Crippen LogP contribution in [-0.4, -0.2) is 76.6 Å². The fraction of sp³-hybridized carbons (Fsp3) is 0.593. The number of amides is 1. The van der Waals surface area contributed by atoms with Gasteiger partial charge in [0.2, 0.25) is 15.9 Å². The Morgan fingerprint density at radius 1 is 1.14 bits per heavy atom. The molecule has 0 radical (unpaired) electrons. The van der Waals surface area contributed by atoms with Crippen molar-refractivity contribution in [3.05, 3.63) is 46.7 Å². The van der Waals surface area contributed by atoms with Crippen LogP contribution in [0.4, 0.5) is 0 Å². The van der Waals surface area contributed by atoms with Gasteiger partial charge in [0.25, 0.3) is 0 Å². The molecule has 10 heteroatoms. The number of ether oxygens (including phenoxy) is 2. The third kappa shape index (κ3) is 6.92. The first-order valence-electron chi connectivity index (χ1n) is 13.0. The molecule has 2 unspecified atom stereocenters. The normalized spacial score (nSPS) is 23.7. The van der Waals surface area contributed by atoms with Crippen molar-refractivity contribution in [3.8, 4) is 5.75 Å². The van der Waals surface area contributed by atoms with Gasteiger partial charge in [-0.15, -0.1) is 11.3 Å². The monoisotopic (exact) mass is 549 g/mol. The predicted octanol–water partition coefficient (Wildman–Crippen LogP) is 3.90. The Bertz CT molecular complexity index is 1100. The second-order valence-electron chi connectivity index (χ2n) is 10.2. The van der Waals surface area contributed by atoms with E-state index in [1.807, 2.05) is 11.3 Å². The summed E-state index contributed by atoms with van der Waals surface area (Å²) >= 11 is 1.81. The fourth-order valence-electron chi connectivity index (χ4n) is 5.68. The molecular weight excluding hydrogens is 510 g/mol. The highest BCUT2D eigenvalue weighted by molar-refractivity contribution is 7.89. The highest BCUT2D eigenvalue weighted by Gasteiger charge is 2.36. The number of nitrogens with one attached hydrogen (secondary N) is 1. The number of benzene rings is 1. The minimum Gasteiger partial charge on any atom is -0.497 e. The molecule has 1 amide bonds. The van der Waals surface area contributed by atoms with E-state index in [1.165, 1.54) is 9.18 Å². The molecule has 37 heavy (non-hydrogen) atoms. The lowest BCUT2D eigenvalue weighted by atomic mass is 9.80. The average Bonchev–Trinajstić information content (AvgIpc) is 3.58. The van der Waals surface area contributed by atoms with Gasteiger partial charge in [-0.25, -0.2) is 8.42 Å². The van der Waals surface area contributed by atoms with E-state index in [1.54, 1.807) is 31.4 Å². The first kappa shape index (κ1) is 28.0. The molecule has 2 fully saturated rings. The molecule has 1 aliphatic carbocycles. The average molecular weight is 550 g/mol. The summed E-state index contributed by atoms with van der Waals surface area (Å²) in [7, 11) is 2.20. The topological polar surface area (TPSA) is 88.2 Å². The number of rotatable bonds is 11. The lowest BCUT2D eigenvalue weighted by Gasteiger charge is -2.37. The molecule has 0 bridgehead atoms. The Morgan fingerprint density at radius 3 is 2.49 bits per heavy atom. The molecule has 2 aromatic rings. The summed E-state index contributed by atoms with van der Waals surface area (Å²) in [6.45, 7) is 0.612. The standard InChI is InChI=1S/C27H39N3O5S2/c1-29(2)27(25-7-5-17-36-25)20-8-10-21(11-9-20)28-26(31)19-35-18-22-6-4-16-30(22)37(32,33)24-14-12-23(34-3)13-15-24/h5,7,12-15,17,20-22,27H,4,6,8-11,16,18-19H2,1-3H3,(H,28,31). The second-order valence-corrected chi connectivity index (χ2v) is 13.1. The number of methoxy groups -OCH3 is 1. The molecule has 1 aromatic carbocycles. The van der Waals surface area contributed by atoms with E-state index in [0.717, 1.165) is 38.5 Å². The van der Waals surface area contributed by atoms with Gasteiger partial charge in [0.05, 0.1) is 18.6 Å². The first-order chi connectivity index (χ1) is 17.8. The lowest BCUT2D eigenvalue weighted by molar-refractivity contribution is -0.127. The third-order valence-electron chi connectivity index (χ3n) is 7.51. The largest absolute Gasteiger partial charge is 0.497 e. The predicted molar refractivity (Wildman–Crippen MR) is 145 cm³/mol. The number of carbonyl (C=O) groups excluding carboxylic acids is 1. The van der Waals surface area contributed by atoms with Gasteiger partial charge in [0.1, 0.15) is 12.4 Å². The maximum atomic E-state index is 13.1. The third-order valence-corrected chi connectivity index (χ3v) is 10.4. The number of hydrogen-bond acceptors (Lipinski definition) is 7. The summed E-state index contributed by atoms with van der Waals surface area (Å²) in [6, 6.07) is 11.1. The Hall–Kier alpha value is -1.98. The summed E-state index contributed by atoms with van der Waals surface area (Å²) in [6.07, 6.45) is 5.57. The Kier molecular flexibility index (Phi) is 9.63. The SMILES string of the molecule is COc1ccc(S(=O)(=O)N2CCCC2COCC(=O)NC2CCC(C(c3cccs3)N(C)C)CC2)cc1. The maximum absolute atomic E-state index is 13.1. The van der Waals surface area contributed by atoms with E-state index < -0.39 is 10.0 Å². The van der Waals surface area contributed by atoms with E-state index in [9.17, 15) is 13.2 Å². The van der Waals surface area contributed by atoms with Crippen LogP contribution in [0.2, 0.25) is 0 Å². The van der Waals surface area contributed by atoms with Crippen molar-refractivity contribution in [3.63, 3.8) is 0 Å². The molecular formula is C27H39N3O5S2. The molecule has 0 spiro atoms. The van der Waals surface area contributed by atoms with E-state index in [4.69, 9.17) is 9.47 Å². The van der Waals surface area contributed by atoms with Crippen molar-refractivity contribution in [2.24, 2.45) is 5.92 Å². The van der Waals surface area contributed by atoms with Crippen LogP contribution in [0.1, 0.15) is 49.4 Å². The zero-order valence-electron chi connectivity index (χ0n) is 22.0. The van der Waals surface area contributed by atoms with Gasteiger partial charge in [0.15, 0.2) is 0 Å². The van der Waals surface area contributed by atoms with Crippen molar-refractivity contribution in [2.45, 2.75) is 61.5 Å². The van der Waals surface area contributed by atoms with Crippen molar-refractivity contribution in [1.29, 1.82) is 0 Å². The van der Waals surface area contributed by atoms with Crippen LogP contribution in [0, 0.1) is 5.92 Å². The number of hydrogen-bond donors (Lipinski definition) is 1. The zero-order chi connectivity index (χ0) is 26.4. The minimum atomic E-state index is -3.63.